The molecule has 1 unspecified atom stereocenters. The molecule has 17 heavy (non-hydrogen) atoms. The van der Waals surface area contributed by atoms with Crippen molar-refractivity contribution in [1.82, 2.24) is 10.3 Å². The maximum absolute atomic E-state index is 4.60. The molecule has 1 atom stereocenters. The van der Waals surface area contributed by atoms with Crippen LogP contribution in [0.3, 0.4) is 0 Å². The number of rotatable bonds is 3. The van der Waals surface area contributed by atoms with E-state index < -0.39 is 0 Å². The van der Waals surface area contributed by atoms with Crippen LogP contribution in [0, 0.1) is 0 Å². The van der Waals surface area contributed by atoms with Crippen LogP contribution < -0.4 is 10.2 Å². The lowest BCUT2D eigenvalue weighted by Gasteiger charge is -2.21. The summed E-state index contributed by atoms with van der Waals surface area (Å²) < 4.78 is 0. The number of pyridine rings is 1. The number of hydrogen-bond donors (Lipinski definition) is 1. The summed E-state index contributed by atoms with van der Waals surface area (Å²) in [5, 5.41) is 3.58. The van der Waals surface area contributed by atoms with E-state index in [9.17, 15) is 0 Å². The smallest absolute Gasteiger partial charge is 0.131 e. The standard InChI is InChI=1S/C14H21N3/c1-2-10-17(9-1)14-12(5-3-8-16-14)11-13-6-4-7-15-13/h3,5,8,13,15H,1-2,4,6-7,9-11H2. The van der Waals surface area contributed by atoms with Crippen LogP contribution in [0.2, 0.25) is 0 Å². The average molecular weight is 231 g/mol. The minimum atomic E-state index is 0.667. The van der Waals surface area contributed by atoms with Crippen molar-refractivity contribution in [2.45, 2.75) is 38.1 Å². The van der Waals surface area contributed by atoms with E-state index in [1.807, 2.05) is 6.20 Å². The molecule has 0 spiro atoms. The first-order valence-corrected chi connectivity index (χ1v) is 6.86. The number of nitrogens with zero attached hydrogens (tertiary/aromatic N) is 2. The fourth-order valence-electron chi connectivity index (χ4n) is 3.00. The fourth-order valence-corrected chi connectivity index (χ4v) is 3.00. The summed E-state index contributed by atoms with van der Waals surface area (Å²) in [4.78, 5) is 7.05. The first-order chi connectivity index (χ1) is 8.43. The Morgan fingerprint density at radius 3 is 2.94 bits per heavy atom. The van der Waals surface area contributed by atoms with Crippen molar-refractivity contribution >= 4 is 5.82 Å². The molecule has 1 N–H and O–H groups in total. The Balaban J connectivity index is 1.77. The predicted molar refractivity (Wildman–Crippen MR) is 70.4 cm³/mol. The third-order valence-electron chi connectivity index (χ3n) is 3.90. The summed E-state index contributed by atoms with van der Waals surface area (Å²) in [6.45, 7) is 3.55. The first kappa shape index (κ1) is 11.0. The van der Waals surface area contributed by atoms with Crippen molar-refractivity contribution < 1.29 is 0 Å². The molecule has 3 rings (SSSR count). The van der Waals surface area contributed by atoms with E-state index in [1.165, 1.54) is 56.7 Å². The predicted octanol–water partition coefficient (Wildman–Crippen LogP) is 1.98. The Bertz CT molecular complexity index is 365. The van der Waals surface area contributed by atoms with Gasteiger partial charge in [-0.25, -0.2) is 4.98 Å². The molecule has 0 bridgehead atoms. The second kappa shape index (κ2) is 5.05. The third-order valence-corrected chi connectivity index (χ3v) is 3.90. The number of aromatic nitrogens is 1. The SMILES string of the molecule is c1cnc(N2CCCC2)c(CC2CCCN2)c1. The zero-order chi connectivity index (χ0) is 11.5. The van der Waals surface area contributed by atoms with Crippen LogP contribution in [0.4, 0.5) is 5.82 Å². The lowest BCUT2D eigenvalue weighted by molar-refractivity contribution is 0.601. The topological polar surface area (TPSA) is 28.2 Å². The summed E-state index contributed by atoms with van der Waals surface area (Å²) in [5.74, 6) is 1.23. The normalized spacial score (nSPS) is 24.5. The van der Waals surface area contributed by atoms with E-state index in [0.29, 0.717) is 6.04 Å². The van der Waals surface area contributed by atoms with E-state index in [2.05, 4.69) is 27.3 Å². The quantitative estimate of drug-likeness (QED) is 0.862. The van der Waals surface area contributed by atoms with Crippen molar-refractivity contribution in [2.24, 2.45) is 0 Å². The molecule has 1 aromatic heterocycles. The van der Waals surface area contributed by atoms with E-state index in [0.717, 1.165) is 6.42 Å². The molecule has 0 amide bonds. The molecule has 3 nitrogen and oxygen atoms in total. The van der Waals surface area contributed by atoms with Gasteiger partial charge in [-0.2, -0.15) is 0 Å². The van der Waals surface area contributed by atoms with E-state index in [1.54, 1.807) is 0 Å². The summed E-state index contributed by atoms with van der Waals surface area (Å²) >= 11 is 0. The highest BCUT2D eigenvalue weighted by Crippen LogP contribution is 2.24. The van der Waals surface area contributed by atoms with Gasteiger partial charge in [-0.15, -0.1) is 0 Å². The molecule has 0 aliphatic carbocycles. The molecule has 2 fully saturated rings. The minimum absolute atomic E-state index is 0.667. The number of hydrogen-bond acceptors (Lipinski definition) is 3. The van der Waals surface area contributed by atoms with E-state index >= 15 is 0 Å². The van der Waals surface area contributed by atoms with Gasteiger partial charge in [-0.3, -0.25) is 0 Å². The van der Waals surface area contributed by atoms with Gasteiger partial charge in [0, 0.05) is 25.3 Å². The summed E-state index contributed by atoms with van der Waals surface area (Å²) in [6, 6.07) is 4.99. The second-order valence-corrected chi connectivity index (χ2v) is 5.18. The Hall–Kier alpha value is -1.09. The highest BCUT2D eigenvalue weighted by molar-refractivity contribution is 5.47. The molecule has 3 heterocycles. The van der Waals surface area contributed by atoms with E-state index in [-0.39, 0.29) is 0 Å². The van der Waals surface area contributed by atoms with Crippen molar-refractivity contribution in [2.75, 3.05) is 24.5 Å². The lowest BCUT2D eigenvalue weighted by Crippen LogP contribution is -2.26. The van der Waals surface area contributed by atoms with Crippen LogP contribution in [0.25, 0.3) is 0 Å². The Labute approximate surface area is 103 Å². The van der Waals surface area contributed by atoms with Gasteiger partial charge < -0.3 is 10.2 Å². The van der Waals surface area contributed by atoms with Crippen molar-refractivity contribution in [3.8, 4) is 0 Å². The van der Waals surface area contributed by atoms with Crippen LogP contribution in [0.1, 0.15) is 31.2 Å². The monoisotopic (exact) mass is 231 g/mol. The molecule has 2 aliphatic rings. The van der Waals surface area contributed by atoms with Gasteiger partial charge >= 0.3 is 0 Å². The molecule has 0 aromatic carbocycles. The van der Waals surface area contributed by atoms with Crippen LogP contribution in [0.15, 0.2) is 18.3 Å². The Morgan fingerprint density at radius 2 is 2.18 bits per heavy atom. The highest BCUT2D eigenvalue weighted by atomic mass is 15.2. The summed E-state index contributed by atoms with van der Waals surface area (Å²) in [6.07, 6.45) is 8.34. The van der Waals surface area contributed by atoms with Gasteiger partial charge in [0.1, 0.15) is 5.82 Å². The van der Waals surface area contributed by atoms with Crippen molar-refractivity contribution in [1.29, 1.82) is 0 Å². The Morgan fingerprint density at radius 1 is 1.29 bits per heavy atom. The molecule has 1 aromatic rings. The number of nitrogens with one attached hydrogen (secondary N) is 1. The maximum Gasteiger partial charge on any atom is 0.131 e. The van der Waals surface area contributed by atoms with Crippen molar-refractivity contribution in [3.63, 3.8) is 0 Å². The zero-order valence-corrected chi connectivity index (χ0v) is 10.4. The van der Waals surface area contributed by atoms with Gasteiger partial charge in [0.05, 0.1) is 0 Å². The van der Waals surface area contributed by atoms with Gasteiger partial charge in [0.2, 0.25) is 0 Å². The highest BCUT2D eigenvalue weighted by Gasteiger charge is 2.20. The molecule has 0 radical (unpaired) electrons. The Kier molecular flexibility index (Phi) is 3.27. The molecule has 0 saturated carbocycles. The largest absolute Gasteiger partial charge is 0.356 e. The third kappa shape index (κ3) is 2.44. The van der Waals surface area contributed by atoms with Crippen molar-refractivity contribution in [3.05, 3.63) is 23.9 Å². The number of anilines is 1. The van der Waals surface area contributed by atoms with Gasteiger partial charge in [0.15, 0.2) is 0 Å². The molecular formula is C14H21N3. The van der Waals surface area contributed by atoms with Gasteiger partial charge in [0.25, 0.3) is 0 Å². The summed E-state index contributed by atoms with van der Waals surface area (Å²) in [5.41, 5.74) is 1.42. The second-order valence-electron chi connectivity index (χ2n) is 5.18. The van der Waals surface area contributed by atoms with Crippen LogP contribution in [-0.4, -0.2) is 30.7 Å². The molecule has 3 heteroatoms. The van der Waals surface area contributed by atoms with Crippen LogP contribution in [-0.2, 0) is 6.42 Å². The van der Waals surface area contributed by atoms with Crippen LogP contribution >= 0.6 is 0 Å². The molecular weight excluding hydrogens is 210 g/mol. The minimum Gasteiger partial charge on any atom is -0.356 e. The average Bonchev–Trinajstić information content (AvgIpc) is 3.01. The molecule has 2 aliphatic heterocycles. The lowest BCUT2D eigenvalue weighted by atomic mass is 10.1. The molecule has 2 saturated heterocycles. The molecule has 92 valence electrons. The van der Waals surface area contributed by atoms with Gasteiger partial charge in [-0.05, 0) is 50.3 Å². The first-order valence-electron chi connectivity index (χ1n) is 6.86. The van der Waals surface area contributed by atoms with Gasteiger partial charge in [-0.1, -0.05) is 6.07 Å². The summed E-state index contributed by atoms with van der Waals surface area (Å²) in [7, 11) is 0. The van der Waals surface area contributed by atoms with Crippen LogP contribution in [0.5, 0.6) is 0 Å². The van der Waals surface area contributed by atoms with E-state index in [4.69, 9.17) is 0 Å². The fraction of sp³-hybridized carbons (Fsp3) is 0.643. The zero-order valence-electron chi connectivity index (χ0n) is 10.4. The maximum atomic E-state index is 4.60.